The lowest BCUT2D eigenvalue weighted by Gasteiger charge is -2.23. The Bertz CT molecular complexity index is 1100. The van der Waals surface area contributed by atoms with Crippen LogP contribution in [0, 0.1) is 11.3 Å². The number of rotatable bonds is 2. The first kappa shape index (κ1) is 21.6. The second-order valence-electron chi connectivity index (χ2n) is 6.72. The monoisotopic (exact) mass is 427 g/mol. The number of benzene rings is 1. The topological polar surface area (TPSA) is 117 Å². The Balaban J connectivity index is 0.000000239. The maximum absolute atomic E-state index is 10.2. The molecule has 0 radical (unpaired) electrons. The number of hydrogen-bond donors (Lipinski definition) is 2. The minimum Gasteiger partial charge on any atom is -0.465 e. The van der Waals surface area contributed by atoms with E-state index in [1.807, 2.05) is 29.8 Å². The molecule has 0 spiro atoms. The lowest BCUT2D eigenvalue weighted by molar-refractivity contribution is 0.0392. The van der Waals surface area contributed by atoms with Gasteiger partial charge in [0.05, 0.1) is 30.0 Å². The van der Waals surface area contributed by atoms with Crippen LogP contribution in [0.5, 0.6) is 0 Å². The Morgan fingerprint density at radius 1 is 1.33 bits per heavy atom. The molecule has 30 heavy (non-hydrogen) atoms. The Labute approximate surface area is 179 Å². The standard InChI is InChI=1S/C16H13ClN4.C5H9NO3/c1-21-15-5-12(17)2-3-13(15)14(7-19)16(21)11-4-10(6-18)8-20-9-11;7-5(8)6-1-3-9-4-2-6/h2-5,8-9H,6,18H2,1H3;1-4H2,(H,7,8). The van der Waals surface area contributed by atoms with Crippen molar-refractivity contribution in [1.29, 1.82) is 5.26 Å². The average Bonchev–Trinajstić information content (AvgIpc) is 3.05. The number of nitrogens with two attached hydrogens (primary N) is 1. The number of nitrogens with zero attached hydrogens (tertiary/aromatic N) is 4. The molecule has 156 valence electrons. The first-order chi connectivity index (χ1) is 14.5. The molecule has 1 amide bonds. The summed E-state index contributed by atoms with van der Waals surface area (Å²) in [6.45, 7) is 2.50. The molecule has 1 aliphatic rings. The molecule has 3 heterocycles. The summed E-state index contributed by atoms with van der Waals surface area (Å²) in [7, 11) is 1.92. The SMILES string of the molecule is Cn1c(-c2cncc(CN)c2)c(C#N)c2ccc(Cl)cc21.O=C(O)N1CCOCC1. The smallest absolute Gasteiger partial charge is 0.407 e. The van der Waals surface area contributed by atoms with Gasteiger partial charge in [0.2, 0.25) is 0 Å². The number of fused-ring (bicyclic) bond motifs is 1. The number of carbonyl (C=O) groups is 1. The van der Waals surface area contributed by atoms with Gasteiger partial charge in [0.15, 0.2) is 0 Å². The third-order valence-corrected chi connectivity index (χ3v) is 5.10. The maximum Gasteiger partial charge on any atom is 0.407 e. The van der Waals surface area contributed by atoms with Crippen LogP contribution < -0.4 is 5.73 Å². The van der Waals surface area contributed by atoms with E-state index in [1.165, 1.54) is 4.90 Å². The zero-order valence-electron chi connectivity index (χ0n) is 16.5. The quantitative estimate of drug-likeness (QED) is 0.648. The van der Waals surface area contributed by atoms with Gasteiger partial charge < -0.3 is 25.0 Å². The first-order valence-corrected chi connectivity index (χ1v) is 9.72. The number of nitriles is 1. The van der Waals surface area contributed by atoms with Crippen LogP contribution >= 0.6 is 11.6 Å². The molecular formula is C21H22ClN5O3. The Hall–Kier alpha value is -3.12. The van der Waals surface area contributed by atoms with Crippen LogP contribution in [0.2, 0.25) is 5.02 Å². The Morgan fingerprint density at radius 2 is 2.07 bits per heavy atom. The molecule has 3 N–H and O–H groups in total. The number of halogens is 1. The summed E-state index contributed by atoms with van der Waals surface area (Å²) < 4.78 is 6.91. The number of pyridine rings is 1. The van der Waals surface area contributed by atoms with Gasteiger partial charge in [-0.2, -0.15) is 5.26 Å². The minimum absolute atomic E-state index is 0.415. The van der Waals surface area contributed by atoms with Crippen LogP contribution in [0.25, 0.3) is 22.2 Å². The van der Waals surface area contributed by atoms with Crippen molar-refractivity contribution in [1.82, 2.24) is 14.5 Å². The van der Waals surface area contributed by atoms with Gasteiger partial charge in [-0.1, -0.05) is 11.6 Å². The van der Waals surface area contributed by atoms with E-state index in [4.69, 9.17) is 27.2 Å². The fraction of sp³-hybridized carbons (Fsp3) is 0.286. The Kier molecular flexibility index (Phi) is 6.90. The molecule has 0 atom stereocenters. The van der Waals surface area contributed by atoms with Gasteiger partial charge in [0.25, 0.3) is 0 Å². The van der Waals surface area contributed by atoms with Gasteiger partial charge in [-0.05, 0) is 29.8 Å². The molecule has 9 heteroatoms. The fourth-order valence-corrected chi connectivity index (χ4v) is 3.51. The van der Waals surface area contributed by atoms with Gasteiger partial charge in [0.1, 0.15) is 6.07 Å². The maximum atomic E-state index is 10.2. The zero-order chi connectivity index (χ0) is 21.7. The van der Waals surface area contributed by atoms with Gasteiger partial charge in [-0.3, -0.25) is 4.98 Å². The third-order valence-electron chi connectivity index (χ3n) is 4.86. The fourth-order valence-electron chi connectivity index (χ4n) is 3.34. The summed E-state index contributed by atoms with van der Waals surface area (Å²) in [5, 5.41) is 19.5. The van der Waals surface area contributed by atoms with Crippen LogP contribution in [-0.2, 0) is 18.3 Å². The number of aryl methyl sites for hydroxylation is 1. The number of amides is 1. The third kappa shape index (κ3) is 4.54. The van der Waals surface area contributed by atoms with Crippen molar-refractivity contribution in [3.8, 4) is 17.3 Å². The normalized spacial score (nSPS) is 13.5. The number of aromatic nitrogens is 2. The van der Waals surface area contributed by atoms with Crippen LogP contribution in [0.15, 0.2) is 36.7 Å². The van der Waals surface area contributed by atoms with E-state index in [0.717, 1.165) is 27.7 Å². The van der Waals surface area contributed by atoms with E-state index in [1.54, 1.807) is 18.5 Å². The number of carboxylic acid groups (broad SMARTS) is 1. The van der Waals surface area contributed by atoms with Crippen LogP contribution in [-0.4, -0.2) is 52.0 Å². The highest BCUT2D eigenvalue weighted by atomic mass is 35.5. The van der Waals surface area contributed by atoms with Gasteiger partial charge in [-0.15, -0.1) is 0 Å². The predicted octanol–water partition coefficient (Wildman–Crippen LogP) is 3.22. The first-order valence-electron chi connectivity index (χ1n) is 9.34. The second kappa shape index (κ2) is 9.59. The molecule has 8 nitrogen and oxygen atoms in total. The summed E-state index contributed by atoms with van der Waals surface area (Å²) in [6.07, 6.45) is 2.63. The summed E-state index contributed by atoms with van der Waals surface area (Å²) in [5.74, 6) is 0. The highest BCUT2D eigenvalue weighted by Crippen LogP contribution is 2.33. The lowest BCUT2D eigenvalue weighted by Crippen LogP contribution is -2.39. The van der Waals surface area contributed by atoms with Crippen molar-refractivity contribution in [2.45, 2.75) is 6.54 Å². The number of hydrogen-bond acceptors (Lipinski definition) is 5. The van der Waals surface area contributed by atoms with Crippen molar-refractivity contribution >= 4 is 28.6 Å². The molecule has 1 fully saturated rings. The zero-order valence-corrected chi connectivity index (χ0v) is 17.3. The minimum atomic E-state index is -0.849. The lowest BCUT2D eigenvalue weighted by atomic mass is 10.1. The summed E-state index contributed by atoms with van der Waals surface area (Å²) in [6, 6.07) is 9.79. The van der Waals surface area contributed by atoms with Crippen LogP contribution in [0.3, 0.4) is 0 Å². The molecule has 0 unspecified atom stereocenters. The highest BCUT2D eigenvalue weighted by Gasteiger charge is 2.17. The van der Waals surface area contributed by atoms with Crippen molar-refractivity contribution < 1.29 is 14.6 Å². The molecule has 4 rings (SSSR count). The molecule has 1 saturated heterocycles. The van der Waals surface area contributed by atoms with E-state index in [-0.39, 0.29) is 0 Å². The molecular weight excluding hydrogens is 406 g/mol. The Morgan fingerprint density at radius 3 is 2.67 bits per heavy atom. The van der Waals surface area contributed by atoms with Gasteiger partial charge in [0, 0.05) is 55.0 Å². The van der Waals surface area contributed by atoms with E-state index in [9.17, 15) is 10.1 Å². The second-order valence-corrected chi connectivity index (χ2v) is 7.16. The van der Waals surface area contributed by atoms with Crippen molar-refractivity contribution in [3.63, 3.8) is 0 Å². The number of morpholine rings is 1. The van der Waals surface area contributed by atoms with E-state index in [0.29, 0.717) is 43.4 Å². The summed E-state index contributed by atoms with van der Waals surface area (Å²) in [4.78, 5) is 15.8. The molecule has 0 aliphatic carbocycles. The largest absolute Gasteiger partial charge is 0.465 e. The van der Waals surface area contributed by atoms with Crippen molar-refractivity contribution in [2.24, 2.45) is 12.8 Å². The van der Waals surface area contributed by atoms with E-state index in [2.05, 4.69) is 11.1 Å². The van der Waals surface area contributed by atoms with Crippen molar-refractivity contribution in [3.05, 3.63) is 52.8 Å². The van der Waals surface area contributed by atoms with Gasteiger partial charge in [-0.25, -0.2) is 4.79 Å². The summed E-state index contributed by atoms with van der Waals surface area (Å²) in [5.41, 5.74) is 9.86. The highest BCUT2D eigenvalue weighted by molar-refractivity contribution is 6.31. The van der Waals surface area contributed by atoms with E-state index >= 15 is 0 Å². The summed E-state index contributed by atoms with van der Waals surface area (Å²) >= 11 is 6.06. The predicted molar refractivity (Wildman–Crippen MR) is 114 cm³/mol. The molecule has 3 aromatic rings. The van der Waals surface area contributed by atoms with Crippen LogP contribution in [0.1, 0.15) is 11.1 Å². The van der Waals surface area contributed by atoms with Gasteiger partial charge >= 0.3 is 6.09 Å². The number of ether oxygens (including phenoxy) is 1. The molecule has 1 aromatic carbocycles. The molecule has 1 aliphatic heterocycles. The van der Waals surface area contributed by atoms with E-state index < -0.39 is 6.09 Å². The molecule has 2 aromatic heterocycles. The molecule has 0 saturated carbocycles. The average molecular weight is 428 g/mol. The van der Waals surface area contributed by atoms with Crippen molar-refractivity contribution in [2.75, 3.05) is 26.3 Å². The molecule has 0 bridgehead atoms. The van der Waals surface area contributed by atoms with Crippen LogP contribution in [0.4, 0.5) is 4.79 Å².